The number of aryl methyl sites for hydroxylation is 1. The van der Waals surface area contributed by atoms with E-state index >= 15 is 0 Å². The Hall–Kier alpha value is -2.48. The maximum absolute atomic E-state index is 12.8. The predicted octanol–water partition coefficient (Wildman–Crippen LogP) is 2.09. The van der Waals surface area contributed by atoms with Crippen molar-refractivity contribution in [3.8, 4) is 0 Å². The van der Waals surface area contributed by atoms with Gasteiger partial charge in [0.25, 0.3) is 5.91 Å². The van der Waals surface area contributed by atoms with Gasteiger partial charge in [0.1, 0.15) is 16.5 Å². The van der Waals surface area contributed by atoms with Crippen LogP contribution in [0.1, 0.15) is 28.0 Å². The van der Waals surface area contributed by atoms with Crippen LogP contribution in [-0.2, 0) is 18.2 Å². The van der Waals surface area contributed by atoms with E-state index in [0.29, 0.717) is 30.3 Å². The average molecular weight is 401 g/mol. The van der Waals surface area contributed by atoms with Crippen LogP contribution in [-0.4, -0.2) is 50.9 Å². The van der Waals surface area contributed by atoms with Gasteiger partial charge in [0.2, 0.25) is 0 Å². The third-order valence-corrected chi connectivity index (χ3v) is 5.21. The molecule has 3 aromatic heterocycles. The fourth-order valence-corrected chi connectivity index (χ4v) is 3.54. The molecule has 1 saturated heterocycles. The summed E-state index contributed by atoms with van der Waals surface area (Å²) in [5, 5.41) is 14.4. The first kappa shape index (κ1) is 18.9. The van der Waals surface area contributed by atoms with Crippen molar-refractivity contribution in [2.75, 3.05) is 13.2 Å². The number of carbonyl (C=O) groups excluding carboxylic acids is 1. The second-order valence-electron chi connectivity index (χ2n) is 7.01. The minimum atomic E-state index is -0.712. The highest BCUT2D eigenvalue weighted by Crippen LogP contribution is 2.23. The Bertz CT molecular complexity index is 1000. The van der Waals surface area contributed by atoms with Crippen LogP contribution in [0.4, 0.5) is 0 Å². The summed E-state index contributed by atoms with van der Waals surface area (Å²) in [6.45, 7) is 0.741. The highest BCUT2D eigenvalue weighted by atomic mass is 35.5. The molecule has 7 nitrogen and oxygen atoms in total. The number of nitrogens with zero attached hydrogens (tertiary/aromatic N) is 3. The summed E-state index contributed by atoms with van der Waals surface area (Å²) in [4.78, 5) is 21.5. The van der Waals surface area contributed by atoms with Gasteiger partial charge >= 0.3 is 0 Å². The van der Waals surface area contributed by atoms with Gasteiger partial charge in [-0.05, 0) is 42.2 Å². The molecule has 146 valence electrons. The van der Waals surface area contributed by atoms with Crippen molar-refractivity contribution in [1.82, 2.24) is 19.9 Å². The maximum atomic E-state index is 12.8. The van der Waals surface area contributed by atoms with Crippen LogP contribution in [0.3, 0.4) is 0 Å². The Kier molecular flexibility index (Phi) is 5.30. The van der Waals surface area contributed by atoms with E-state index in [4.69, 9.17) is 16.3 Å². The van der Waals surface area contributed by atoms with Crippen LogP contribution < -0.4 is 5.32 Å². The lowest BCUT2D eigenvalue weighted by Gasteiger charge is -2.28. The highest BCUT2D eigenvalue weighted by Gasteiger charge is 2.26. The van der Waals surface area contributed by atoms with Crippen molar-refractivity contribution in [2.45, 2.75) is 25.0 Å². The van der Waals surface area contributed by atoms with Crippen LogP contribution in [0.2, 0.25) is 5.15 Å². The minimum absolute atomic E-state index is 0.226. The molecular formula is C20H21ClN4O3. The van der Waals surface area contributed by atoms with Crippen molar-refractivity contribution in [2.24, 2.45) is 7.05 Å². The number of aliphatic hydroxyl groups excluding tert-OH is 1. The summed E-state index contributed by atoms with van der Waals surface area (Å²) < 4.78 is 7.11. The van der Waals surface area contributed by atoms with Crippen LogP contribution in [0.25, 0.3) is 11.0 Å². The minimum Gasteiger partial charge on any atom is -0.389 e. The van der Waals surface area contributed by atoms with E-state index in [2.05, 4.69) is 15.3 Å². The van der Waals surface area contributed by atoms with Crippen molar-refractivity contribution < 1.29 is 14.6 Å². The molecule has 0 saturated carbocycles. The smallest absolute Gasteiger partial charge is 0.270 e. The number of pyridine rings is 2. The SMILES string of the molecule is Cn1ccc2c(Cc3ccc(Cl)nc3)cc(C(=O)NC3CCOCC3O)nc21. The molecular weight excluding hydrogens is 380 g/mol. The van der Waals surface area contributed by atoms with Gasteiger partial charge in [-0.3, -0.25) is 4.79 Å². The zero-order valence-corrected chi connectivity index (χ0v) is 16.2. The number of fused-ring (bicyclic) bond motifs is 1. The molecule has 28 heavy (non-hydrogen) atoms. The van der Waals surface area contributed by atoms with Gasteiger partial charge in [-0.25, -0.2) is 9.97 Å². The lowest BCUT2D eigenvalue weighted by molar-refractivity contribution is -0.0261. The lowest BCUT2D eigenvalue weighted by atomic mass is 10.0. The van der Waals surface area contributed by atoms with Crippen molar-refractivity contribution in [3.63, 3.8) is 0 Å². The molecule has 3 aromatic rings. The number of amides is 1. The van der Waals surface area contributed by atoms with Gasteiger partial charge in [0, 0.05) is 31.4 Å². The number of carbonyl (C=O) groups is 1. The largest absolute Gasteiger partial charge is 0.389 e. The van der Waals surface area contributed by atoms with Crippen LogP contribution in [0.5, 0.6) is 0 Å². The highest BCUT2D eigenvalue weighted by molar-refractivity contribution is 6.29. The van der Waals surface area contributed by atoms with Gasteiger partial charge in [-0.2, -0.15) is 0 Å². The molecule has 1 aliphatic rings. The van der Waals surface area contributed by atoms with E-state index in [1.165, 1.54) is 0 Å². The topological polar surface area (TPSA) is 89.3 Å². The number of hydrogen-bond donors (Lipinski definition) is 2. The van der Waals surface area contributed by atoms with E-state index in [1.54, 1.807) is 18.3 Å². The molecule has 0 radical (unpaired) electrons. The van der Waals surface area contributed by atoms with Crippen molar-refractivity contribution in [1.29, 1.82) is 0 Å². The van der Waals surface area contributed by atoms with E-state index in [9.17, 15) is 9.90 Å². The maximum Gasteiger partial charge on any atom is 0.270 e. The zero-order valence-electron chi connectivity index (χ0n) is 15.4. The number of nitrogens with one attached hydrogen (secondary N) is 1. The molecule has 0 aliphatic carbocycles. The summed E-state index contributed by atoms with van der Waals surface area (Å²) >= 11 is 5.88. The van der Waals surface area contributed by atoms with E-state index < -0.39 is 6.10 Å². The zero-order chi connectivity index (χ0) is 19.7. The Morgan fingerprint density at radius 2 is 2.29 bits per heavy atom. The standard InChI is InChI=1S/C20H21ClN4O3/c1-25-6-4-14-13(8-12-2-3-18(21)22-10-12)9-16(23-19(14)25)20(27)24-15-5-7-28-11-17(15)26/h2-4,6,9-10,15,17,26H,5,7-8,11H2,1H3,(H,24,27). The van der Waals surface area contributed by atoms with Crippen LogP contribution >= 0.6 is 11.6 Å². The van der Waals surface area contributed by atoms with Gasteiger partial charge in [0.05, 0.1) is 18.8 Å². The van der Waals surface area contributed by atoms with Gasteiger partial charge in [0.15, 0.2) is 0 Å². The van der Waals surface area contributed by atoms with E-state index in [0.717, 1.165) is 22.2 Å². The molecule has 2 unspecified atom stereocenters. The van der Waals surface area contributed by atoms with Crippen molar-refractivity contribution in [3.05, 3.63) is 58.6 Å². The fraction of sp³-hybridized carbons (Fsp3) is 0.350. The molecule has 8 heteroatoms. The van der Waals surface area contributed by atoms with Gasteiger partial charge in [-0.1, -0.05) is 17.7 Å². The molecule has 0 bridgehead atoms. The number of aromatic nitrogens is 3. The molecule has 1 fully saturated rings. The quantitative estimate of drug-likeness (QED) is 0.654. The number of ether oxygens (including phenoxy) is 1. The molecule has 1 amide bonds. The summed E-state index contributed by atoms with van der Waals surface area (Å²) in [6.07, 6.45) is 4.12. The summed E-state index contributed by atoms with van der Waals surface area (Å²) in [5.74, 6) is -0.301. The molecule has 2 atom stereocenters. The Labute approximate surface area is 167 Å². The third-order valence-electron chi connectivity index (χ3n) is 4.98. The molecule has 2 N–H and O–H groups in total. The van der Waals surface area contributed by atoms with E-state index in [1.807, 2.05) is 29.9 Å². The molecule has 4 heterocycles. The first-order valence-corrected chi connectivity index (χ1v) is 9.51. The summed E-state index contributed by atoms with van der Waals surface area (Å²) in [5.41, 5.74) is 3.03. The number of aliphatic hydroxyl groups is 1. The number of halogens is 1. The normalized spacial score (nSPS) is 19.7. The Morgan fingerprint density at radius 3 is 3.04 bits per heavy atom. The average Bonchev–Trinajstić information content (AvgIpc) is 3.07. The Balaban J connectivity index is 1.65. The second kappa shape index (κ2) is 7.87. The Morgan fingerprint density at radius 1 is 1.43 bits per heavy atom. The van der Waals surface area contributed by atoms with Gasteiger partial charge in [-0.15, -0.1) is 0 Å². The third kappa shape index (κ3) is 3.87. The molecule has 1 aliphatic heterocycles. The van der Waals surface area contributed by atoms with Crippen LogP contribution in [0, 0.1) is 0 Å². The number of rotatable bonds is 4. The molecule has 0 spiro atoms. The van der Waals surface area contributed by atoms with E-state index in [-0.39, 0.29) is 18.6 Å². The fourth-order valence-electron chi connectivity index (χ4n) is 3.43. The van der Waals surface area contributed by atoms with Gasteiger partial charge < -0.3 is 19.7 Å². The molecule has 4 rings (SSSR count). The first-order valence-electron chi connectivity index (χ1n) is 9.13. The summed E-state index contributed by atoms with van der Waals surface area (Å²) in [7, 11) is 1.90. The lowest BCUT2D eigenvalue weighted by Crippen LogP contribution is -2.48. The molecule has 0 aromatic carbocycles. The summed E-state index contributed by atoms with van der Waals surface area (Å²) in [6, 6.07) is 7.13. The van der Waals surface area contributed by atoms with Crippen LogP contribution in [0.15, 0.2) is 36.7 Å². The number of hydrogen-bond acceptors (Lipinski definition) is 5. The predicted molar refractivity (Wildman–Crippen MR) is 105 cm³/mol. The monoisotopic (exact) mass is 400 g/mol. The van der Waals surface area contributed by atoms with Crippen molar-refractivity contribution >= 4 is 28.5 Å². The second-order valence-corrected chi connectivity index (χ2v) is 7.39. The first-order chi connectivity index (χ1) is 13.5.